The fourth-order valence-electron chi connectivity index (χ4n) is 2.62. The summed E-state index contributed by atoms with van der Waals surface area (Å²) in [5.74, 6) is -1.89. The Morgan fingerprint density at radius 2 is 1.92 bits per heavy atom. The Labute approximate surface area is 143 Å². The molecule has 0 aliphatic rings. The number of nitrogen functional groups attached to an aromatic ring is 1. The number of nitrogens with one attached hydrogen (secondary N) is 1. The van der Waals surface area contributed by atoms with Gasteiger partial charge in [0, 0.05) is 23.5 Å². The maximum Gasteiger partial charge on any atom is 0.337 e. The number of anilines is 1. The van der Waals surface area contributed by atoms with Crippen molar-refractivity contribution in [1.82, 2.24) is 4.98 Å². The lowest BCUT2D eigenvalue weighted by molar-refractivity contribution is -0.135. The predicted octanol–water partition coefficient (Wildman–Crippen LogP) is 1.92. The topological polar surface area (TPSA) is 131 Å². The second-order valence-corrected chi connectivity index (χ2v) is 5.61. The molecule has 0 aliphatic heterocycles. The molecule has 1 unspecified atom stereocenters. The molecule has 2 aromatic carbocycles. The van der Waals surface area contributed by atoms with Crippen LogP contribution in [0.4, 0.5) is 5.69 Å². The van der Waals surface area contributed by atoms with Crippen LogP contribution in [-0.4, -0.2) is 28.1 Å². The molecule has 0 fully saturated rings. The number of carboxylic acid groups (broad SMARTS) is 1. The van der Waals surface area contributed by atoms with Crippen LogP contribution >= 0.6 is 0 Å². The molecule has 0 spiro atoms. The van der Waals surface area contributed by atoms with Crippen LogP contribution < -0.4 is 16.2 Å². The first-order valence-electron chi connectivity index (χ1n) is 7.61. The average molecular weight is 339 g/mol. The molecule has 0 saturated heterocycles. The summed E-state index contributed by atoms with van der Waals surface area (Å²) >= 11 is 0. The van der Waals surface area contributed by atoms with Crippen LogP contribution in [0.3, 0.4) is 0 Å². The van der Waals surface area contributed by atoms with Gasteiger partial charge >= 0.3 is 11.9 Å². The zero-order valence-corrected chi connectivity index (χ0v) is 13.2. The molecule has 1 atom stereocenters. The SMILES string of the molecule is Nc1c(OC(=O)C(N)Cc2c[nH]c3ccccc23)cccc1C(=O)O. The number of carboxylic acids is 1. The summed E-state index contributed by atoms with van der Waals surface area (Å²) in [6, 6.07) is 11.0. The first-order valence-corrected chi connectivity index (χ1v) is 7.61. The number of fused-ring (bicyclic) bond motifs is 1. The summed E-state index contributed by atoms with van der Waals surface area (Å²) in [5, 5.41) is 10.0. The van der Waals surface area contributed by atoms with E-state index in [1.54, 1.807) is 6.20 Å². The Morgan fingerprint density at radius 3 is 2.68 bits per heavy atom. The number of hydrogen-bond donors (Lipinski definition) is 4. The van der Waals surface area contributed by atoms with Crippen molar-refractivity contribution in [2.45, 2.75) is 12.5 Å². The monoisotopic (exact) mass is 339 g/mol. The van der Waals surface area contributed by atoms with E-state index in [1.807, 2.05) is 24.3 Å². The molecular weight excluding hydrogens is 322 g/mol. The number of ether oxygens (including phenoxy) is 1. The van der Waals surface area contributed by atoms with Crippen LogP contribution in [0.15, 0.2) is 48.7 Å². The third-order valence-corrected chi connectivity index (χ3v) is 3.92. The highest BCUT2D eigenvalue weighted by molar-refractivity contribution is 5.96. The van der Waals surface area contributed by atoms with Gasteiger partial charge in [-0.05, 0) is 23.8 Å². The minimum Gasteiger partial charge on any atom is -0.478 e. The molecular formula is C18H17N3O4. The zero-order chi connectivity index (χ0) is 18.0. The zero-order valence-electron chi connectivity index (χ0n) is 13.2. The van der Waals surface area contributed by atoms with Crippen molar-refractivity contribution in [3.05, 3.63) is 59.8 Å². The number of carbonyl (C=O) groups excluding carboxylic acids is 1. The van der Waals surface area contributed by atoms with E-state index in [0.29, 0.717) is 0 Å². The maximum atomic E-state index is 12.2. The number of hydrogen-bond acceptors (Lipinski definition) is 5. The first kappa shape index (κ1) is 16.5. The summed E-state index contributed by atoms with van der Waals surface area (Å²) < 4.78 is 5.20. The van der Waals surface area contributed by atoms with Gasteiger partial charge in [0.05, 0.1) is 11.3 Å². The molecule has 25 heavy (non-hydrogen) atoms. The van der Waals surface area contributed by atoms with Crippen molar-refractivity contribution in [2.24, 2.45) is 5.73 Å². The summed E-state index contributed by atoms with van der Waals surface area (Å²) in [5.41, 5.74) is 13.3. The average Bonchev–Trinajstić information content (AvgIpc) is 2.99. The van der Waals surface area contributed by atoms with E-state index in [1.165, 1.54) is 18.2 Å². The van der Waals surface area contributed by atoms with Gasteiger partial charge in [-0.25, -0.2) is 9.59 Å². The van der Waals surface area contributed by atoms with E-state index in [0.717, 1.165) is 16.5 Å². The lowest BCUT2D eigenvalue weighted by Gasteiger charge is -2.13. The van der Waals surface area contributed by atoms with E-state index in [2.05, 4.69) is 4.98 Å². The number of para-hydroxylation sites is 2. The van der Waals surface area contributed by atoms with Gasteiger partial charge in [0.1, 0.15) is 6.04 Å². The van der Waals surface area contributed by atoms with E-state index < -0.39 is 18.0 Å². The number of aromatic amines is 1. The molecule has 0 amide bonds. The van der Waals surface area contributed by atoms with Crippen molar-refractivity contribution >= 4 is 28.5 Å². The molecule has 3 aromatic rings. The molecule has 0 aliphatic carbocycles. The highest BCUT2D eigenvalue weighted by Gasteiger charge is 2.21. The van der Waals surface area contributed by atoms with Gasteiger partial charge in [0.25, 0.3) is 0 Å². The Hall–Kier alpha value is -3.32. The molecule has 7 heteroatoms. The second-order valence-electron chi connectivity index (χ2n) is 5.61. The molecule has 0 radical (unpaired) electrons. The quantitative estimate of drug-likeness (QED) is 0.319. The Morgan fingerprint density at radius 1 is 1.16 bits per heavy atom. The summed E-state index contributed by atoms with van der Waals surface area (Å²) in [4.78, 5) is 26.4. The fourth-order valence-corrected chi connectivity index (χ4v) is 2.62. The lowest BCUT2D eigenvalue weighted by atomic mass is 10.1. The van der Waals surface area contributed by atoms with Crippen molar-refractivity contribution in [2.75, 3.05) is 5.73 Å². The molecule has 1 heterocycles. The Bertz CT molecular complexity index is 948. The van der Waals surface area contributed by atoms with Gasteiger partial charge in [-0.15, -0.1) is 0 Å². The van der Waals surface area contributed by atoms with Crippen LogP contribution in [0.5, 0.6) is 5.75 Å². The van der Waals surface area contributed by atoms with Crippen molar-refractivity contribution in [3.63, 3.8) is 0 Å². The van der Waals surface area contributed by atoms with Gasteiger partial charge in [0.2, 0.25) is 0 Å². The van der Waals surface area contributed by atoms with Gasteiger partial charge in [-0.2, -0.15) is 0 Å². The van der Waals surface area contributed by atoms with Crippen LogP contribution in [0, 0.1) is 0 Å². The summed E-state index contributed by atoms with van der Waals surface area (Å²) in [6.45, 7) is 0. The number of carbonyl (C=O) groups is 2. The highest BCUT2D eigenvalue weighted by Crippen LogP contribution is 2.26. The summed E-state index contributed by atoms with van der Waals surface area (Å²) in [7, 11) is 0. The van der Waals surface area contributed by atoms with E-state index in [-0.39, 0.29) is 23.4 Å². The maximum absolute atomic E-state index is 12.2. The number of aromatic carboxylic acids is 1. The first-order chi connectivity index (χ1) is 12.0. The number of nitrogens with two attached hydrogens (primary N) is 2. The third kappa shape index (κ3) is 3.31. The van der Waals surface area contributed by atoms with Gasteiger partial charge < -0.3 is 26.3 Å². The number of benzene rings is 2. The molecule has 0 bridgehead atoms. The minimum absolute atomic E-state index is 0.0146. The molecule has 6 N–H and O–H groups in total. The van der Waals surface area contributed by atoms with Crippen LogP contribution in [0.2, 0.25) is 0 Å². The molecule has 128 valence electrons. The normalized spacial score (nSPS) is 12.0. The molecule has 0 saturated carbocycles. The van der Waals surface area contributed by atoms with Gasteiger partial charge in [0.15, 0.2) is 5.75 Å². The van der Waals surface area contributed by atoms with Gasteiger partial charge in [-0.1, -0.05) is 24.3 Å². The van der Waals surface area contributed by atoms with Crippen LogP contribution in [0.1, 0.15) is 15.9 Å². The van der Waals surface area contributed by atoms with Crippen molar-refractivity contribution in [3.8, 4) is 5.75 Å². The Kier molecular flexibility index (Phi) is 4.40. The third-order valence-electron chi connectivity index (χ3n) is 3.92. The van der Waals surface area contributed by atoms with Crippen molar-refractivity contribution < 1.29 is 19.4 Å². The fraction of sp³-hybridized carbons (Fsp3) is 0.111. The standard InChI is InChI=1S/C18H17N3O4/c19-13(8-10-9-21-14-6-2-1-4-11(10)14)18(24)25-15-7-3-5-12(16(15)20)17(22)23/h1-7,9,13,21H,8,19-20H2,(H,22,23). The van der Waals surface area contributed by atoms with Crippen LogP contribution in [-0.2, 0) is 11.2 Å². The molecule has 7 nitrogen and oxygen atoms in total. The number of rotatable bonds is 5. The summed E-state index contributed by atoms with van der Waals surface area (Å²) in [6.07, 6.45) is 2.08. The molecule has 3 rings (SSSR count). The van der Waals surface area contributed by atoms with E-state index >= 15 is 0 Å². The Balaban J connectivity index is 1.75. The highest BCUT2D eigenvalue weighted by atomic mass is 16.5. The lowest BCUT2D eigenvalue weighted by Crippen LogP contribution is -2.36. The molecule has 1 aromatic heterocycles. The second kappa shape index (κ2) is 6.66. The van der Waals surface area contributed by atoms with E-state index in [9.17, 15) is 9.59 Å². The smallest absolute Gasteiger partial charge is 0.337 e. The number of H-pyrrole nitrogens is 1. The van der Waals surface area contributed by atoms with Crippen LogP contribution in [0.25, 0.3) is 10.9 Å². The predicted molar refractivity (Wildman–Crippen MR) is 93.4 cm³/mol. The number of esters is 1. The van der Waals surface area contributed by atoms with Crippen molar-refractivity contribution in [1.29, 1.82) is 0 Å². The van der Waals surface area contributed by atoms with Gasteiger partial charge in [-0.3, -0.25) is 0 Å². The minimum atomic E-state index is -1.20. The largest absolute Gasteiger partial charge is 0.478 e. The van der Waals surface area contributed by atoms with E-state index in [4.69, 9.17) is 21.3 Å². The number of aromatic nitrogens is 1.